The third-order valence-electron chi connectivity index (χ3n) is 4.73. The molecule has 2 heterocycles. The zero-order valence-corrected chi connectivity index (χ0v) is 15.3. The van der Waals surface area contributed by atoms with Crippen molar-refractivity contribution >= 4 is 27.1 Å². The second-order valence-corrected chi connectivity index (χ2v) is 7.81. The molecule has 3 aromatic rings. The first-order chi connectivity index (χ1) is 12.1. The summed E-state index contributed by atoms with van der Waals surface area (Å²) in [6, 6.07) is 8.75. The first-order valence-corrected chi connectivity index (χ1v) is 9.49. The molecule has 2 N–H and O–H groups in total. The number of anilines is 2. The quantitative estimate of drug-likeness (QED) is 0.750. The van der Waals surface area contributed by atoms with Crippen LogP contribution in [0, 0.1) is 0 Å². The number of aliphatic hydroxyl groups excluding tert-OH is 1. The molecule has 7 heteroatoms. The fourth-order valence-electron chi connectivity index (χ4n) is 3.24. The second kappa shape index (κ2) is 6.65. The van der Waals surface area contributed by atoms with Crippen LogP contribution in [-0.4, -0.2) is 45.9 Å². The van der Waals surface area contributed by atoms with Gasteiger partial charge in [-0.1, -0.05) is 23.5 Å². The maximum Gasteiger partial charge on any atom is 0.214 e. The Balaban J connectivity index is 1.52. The molecule has 1 aliphatic rings. The van der Waals surface area contributed by atoms with E-state index in [-0.39, 0.29) is 6.10 Å². The summed E-state index contributed by atoms with van der Waals surface area (Å²) < 4.78 is 1.85. The predicted octanol–water partition coefficient (Wildman–Crippen LogP) is 3.24. The Morgan fingerprint density at radius 2 is 2.04 bits per heavy atom. The van der Waals surface area contributed by atoms with E-state index in [1.165, 1.54) is 0 Å². The van der Waals surface area contributed by atoms with Crippen LogP contribution in [0.5, 0.6) is 0 Å². The second-order valence-electron chi connectivity index (χ2n) is 6.86. The zero-order valence-electron chi connectivity index (χ0n) is 14.5. The minimum Gasteiger partial charge on any atom is -0.393 e. The van der Waals surface area contributed by atoms with Crippen LogP contribution < -0.4 is 10.2 Å². The summed E-state index contributed by atoms with van der Waals surface area (Å²) in [6.45, 7) is 0. The van der Waals surface area contributed by atoms with Gasteiger partial charge < -0.3 is 15.3 Å². The zero-order chi connectivity index (χ0) is 17.4. The highest BCUT2D eigenvalue weighted by molar-refractivity contribution is 7.20. The summed E-state index contributed by atoms with van der Waals surface area (Å²) in [5.74, 6) is 0. The van der Waals surface area contributed by atoms with Crippen molar-refractivity contribution in [1.82, 2.24) is 14.6 Å². The fraction of sp³-hybridized carbons (Fsp3) is 0.444. The van der Waals surface area contributed by atoms with Gasteiger partial charge in [-0.05, 0) is 37.8 Å². The van der Waals surface area contributed by atoms with Gasteiger partial charge in [0.2, 0.25) is 10.1 Å². The minimum absolute atomic E-state index is 0.132. The van der Waals surface area contributed by atoms with Gasteiger partial charge in [0.25, 0.3) is 0 Å². The number of nitrogens with one attached hydrogen (secondary N) is 1. The van der Waals surface area contributed by atoms with E-state index >= 15 is 0 Å². The number of hydrogen-bond acceptors (Lipinski definition) is 6. The molecular weight excluding hydrogens is 334 g/mol. The van der Waals surface area contributed by atoms with E-state index in [1.54, 1.807) is 11.3 Å². The van der Waals surface area contributed by atoms with E-state index < -0.39 is 0 Å². The topological polar surface area (TPSA) is 65.7 Å². The van der Waals surface area contributed by atoms with Crippen LogP contribution in [0.3, 0.4) is 0 Å². The van der Waals surface area contributed by atoms with Crippen molar-refractivity contribution in [3.05, 3.63) is 30.5 Å². The first kappa shape index (κ1) is 16.4. The summed E-state index contributed by atoms with van der Waals surface area (Å²) in [4.78, 5) is 7.71. The molecule has 132 valence electrons. The summed E-state index contributed by atoms with van der Waals surface area (Å²) >= 11 is 1.57. The summed E-state index contributed by atoms with van der Waals surface area (Å²) in [5, 5.41) is 18.6. The molecule has 1 aliphatic carbocycles. The molecule has 1 saturated carbocycles. The lowest BCUT2D eigenvalue weighted by Crippen LogP contribution is -2.28. The van der Waals surface area contributed by atoms with Gasteiger partial charge in [-0.2, -0.15) is 0 Å². The lowest BCUT2D eigenvalue weighted by atomic mass is 9.93. The average Bonchev–Trinajstić information content (AvgIpc) is 3.15. The fourth-order valence-corrected chi connectivity index (χ4v) is 4.09. The van der Waals surface area contributed by atoms with Gasteiger partial charge in [0.05, 0.1) is 18.0 Å². The maximum absolute atomic E-state index is 9.61. The molecule has 0 unspecified atom stereocenters. The Morgan fingerprint density at radius 3 is 2.76 bits per heavy atom. The number of fused-ring (bicyclic) bond motifs is 1. The molecule has 25 heavy (non-hydrogen) atoms. The van der Waals surface area contributed by atoms with E-state index in [4.69, 9.17) is 4.98 Å². The highest BCUT2D eigenvalue weighted by Crippen LogP contribution is 2.28. The molecule has 4 rings (SSSR count). The maximum atomic E-state index is 9.61. The largest absolute Gasteiger partial charge is 0.393 e. The van der Waals surface area contributed by atoms with Crippen molar-refractivity contribution in [2.24, 2.45) is 0 Å². The van der Waals surface area contributed by atoms with Crippen LogP contribution >= 0.6 is 11.3 Å². The Labute approximate surface area is 151 Å². The highest BCUT2D eigenvalue weighted by Gasteiger charge is 2.20. The third kappa shape index (κ3) is 3.48. The van der Waals surface area contributed by atoms with E-state index in [9.17, 15) is 5.11 Å². The lowest BCUT2D eigenvalue weighted by Gasteiger charge is -2.25. The van der Waals surface area contributed by atoms with E-state index in [2.05, 4.69) is 39.6 Å². The van der Waals surface area contributed by atoms with Crippen molar-refractivity contribution < 1.29 is 5.11 Å². The molecule has 0 spiro atoms. The van der Waals surface area contributed by atoms with Gasteiger partial charge in [0.15, 0.2) is 0 Å². The molecule has 2 aromatic heterocycles. The molecule has 0 atom stereocenters. The van der Waals surface area contributed by atoms with E-state index in [0.29, 0.717) is 6.04 Å². The monoisotopic (exact) mass is 357 g/mol. The van der Waals surface area contributed by atoms with Crippen molar-refractivity contribution in [3.63, 3.8) is 0 Å². The number of nitrogens with zero attached hydrogens (tertiary/aromatic N) is 4. The molecule has 0 saturated heterocycles. The molecular formula is C18H23N5OS. The summed E-state index contributed by atoms with van der Waals surface area (Å²) in [7, 11) is 4.07. The standard InChI is InChI=1S/C18H23N5OS/c1-22(2)14-5-3-4-12(10-14)16-11-23-18(20-16)25-17(21-23)19-13-6-8-15(24)9-7-13/h3-5,10-11,13,15,24H,6-9H2,1-2H3,(H,19,21). The first-order valence-electron chi connectivity index (χ1n) is 8.67. The predicted molar refractivity (Wildman–Crippen MR) is 103 cm³/mol. The number of aromatic nitrogens is 3. The molecule has 6 nitrogen and oxygen atoms in total. The Morgan fingerprint density at radius 1 is 1.24 bits per heavy atom. The minimum atomic E-state index is -0.132. The third-order valence-corrected chi connectivity index (χ3v) is 5.58. The molecule has 1 fully saturated rings. The van der Waals surface area contributed by atoms with Gasteiger partial charge in [-0.25, -0.2) is 9.50 Å². The van der Waals surface area contributed by atoms with E-state index in [1.807, 2.05) is 24.8 Å². The normalized spacial score (nSPS) is 20.8. The lowest BCUT2D eigenvalue weighted by molar-refractivity contribution is 0.126. The molecule has 0 aliphatic heterocycles. The number of imidazole rings is 1. The van der Waals surface area contributed by atoms with Crippen LogP contribution in [-0.2, 0) is 0 Å². The van der Waals surface area contributed by atoms with Gasteiger partial charge in [-0.3, -0.25) is 0 Å². The van der Waals surface area contributed by atoms with Crippen LogP contribution in [0.4, 0.5) is 10.8 Å². The van der Waals surface area contributed by atoms with Crippen molar-refractivity contribution in [1.29, 1.82) is 0 Å². The van der Waals surface area contributed by atoms with Crippen LogP contribution in [0.2, 0.25) is 0 Å². The molecule has 0 radical (unpaired) electrons. The van der Waals surface area contributed by atoms with Crippen LogP contribution in [0.25, 0.3) is 16.2 Å². The average molecular weight is 357 g/mol. The Hall–Kier alpha value is -2.12. The highest BCUT2D eigenvalue weighted by atomic mass is 32.1. The van der Waals surface area contributed by atoms with Crippen molar-refractivity contribution in [2.75, 3.05) is 24.3 Å². The van der Waals surface area contributed by atoms with Gasteiger partial charge in [0.1, 0.15) is 0 Å². The molecule has 0 amide bonds. The Bertz CT molecular complexity index is 832. The number of hydrogen-bond donors (Lipinski definition) is 2. The SMILES string of the molecule is CN(C)c1cccc(-c2cn3nc(NC4CCC(O)CC4)sc3n2)c1. The Kier molecular flexibility index (Phi) is 4.35. The smallest absolute Gasteiger partial charge is 0.214 e. The van der Waals surface area contributed by atoms with Crippen molar-refractivity contribution in [2.45, 2.75) is 37.8 Å². The van der Waals surface area contributed by atoms with Crippen molar-refractivity contribution in [3.8, 4) is 11.3 Å². The van der Waals surface area contributed by atoms with Gasteiger partial charge in [-0.15, -0.1) is 5.10 Å². The van der Waals surface area contributed by atoms with Gasteiger partial charge >= 0.3 is 0 Å². The van der Waals surface area contributed by atoms with Crippen LogP contribution in [0.1, 0.15) is 25.7 Å². The molecule has 0 bridgehead atoms. The van der Waals surface area contributed by atoms with Gasteiger partial charge in [0, 0.05) is 31.4 Å². The van der Waals surface area contributed by atoms with E-state index in [0.717, 1.165) is 52.7 Å². The summed E-state index contributed by atoms with van der Waals surface area (Å²) in [5.41, 5.74) is 3.19. The number of benzene rings is 1. The summed E-state index contributed by atoms with van der Waals surface area (Å²) in [6.07, 6.45) is 5.57. The number of aliphatic hydroxyl groups is 1. The molecule has 1 aromatic carbocycles. The van der Waals surface area contributed by atoms with Crippen LogP contribution in [0.15, 0.2) is 30.5 Å². The number of rotatable bonds is 4.